The molecule has 1 N–H and O–H groups in total. The minimum Gasteiger partial charge on any atom is -0.366 e. The molecule has 0 atom stereocenters. The zero-order valence-electron chi connectivity index (χ0n) is 11.9. The summed E-state index contributed by atoms with van der Waals surface area (Å²) in [5, 5.41) is 8.26. The zero-order valence-corrected chi connectivity index (χ0v) is 12.7. The van der Waals surface area contributed by atoms with Gasteiger partial charge in [-0.3, -0.25) is 4.79 Å². The van der Waals surface area contributed by atoms with E-state index in [2.05, 4.69) is 37.0 Å². The Labute approximate surface area is 130 Å². The number of aromatic nitrogens is 4. The van der Waals surface area contributed by atoms with Crippen LogP contribution in [0.15, 0.2) is 34.8 Å². The highest BCUT2D eigenvalue weighted by molar-refractivity contribution is 7.17. The van der Waals surface area contributed by atoms with E-state index in [0.29, 0.717) is 6.04 Å². The van der Waals surface area contributed by atoms with Crippen LogP contribution in [0.5, 0.6) is 0 Å². The van der Waals surface area contributed by atoms with Crippen molar-refractivity contribution in [1.82, 2.24) is 20.2 Å². The van der Waals surface area contributed by atoms with Crippen molar-refractivity contribution in [2.45, 2.75) is 6.04 Å². The van der Waals surface area contributed by atoms with Gasteiger partial charge in [0, 0.05) is 26.2 Å². The smallest absolute Gasteiger partial charge is 0.266 e. The first-order valence-corrected chi connectivity index (χ1v) is 7.81. The first-order chi connectivity index (χ1) is 10.7. The van der Waals surface area contributed by atoms with E-state index in [1.165, 1.54) is 0 Å². The Morgan fingerprint density at radius 2 is 2.27 bits per heavy atom. The van der Waals surface area contributed by atoms with Gasteiger partial charge in [0.25, 0.3) is 5.56 Å². The zero-order chi connectivity index (χ0) is 15.1. The molecule has 112 valence electrons. The monoisotopic (exact) mass is 314 g/mol. The van der Waals surface area contributed by atoms with Crippen LogP contribution < -0.4 is 15.4 Å². The molecule has 8 heteroatoms. The minimum absolute atomic E-state index is 0.176. The summed E-state index contributed by atoms with van der Waals surface area (Å²) >= 11 is 1.66. The molecule has 7 nitrogen and oxygen atoms in total. The number of anilines is 2. The predicted octanol–water partition coefficient (Wildman–Crippen LogP) is 1.10. The number of likely N-dealkylation sites (N-methyl/N-ethyl adjacent to an activating group) is 1. The molecule has 0 amide bonds. The number of thiophene rings is 1. The topological polar surface area (TPSA) is 78.0 Å². The van der Waals surface area contributed by atoms with Gasteiger partial charge in [-0.2, -0.15) is 5.10 Å². The number of nitrogens with zero attached hydrogens (tertiary/aromatic N) is 5. The average molecular weight is 314 g/mol. The fourth-order valence-corrected chi connectivity index (χ4v) is 3.53. The Morgan fingerprint density at radius 1 is 1.41 bits per heavy atom. The van der Waals surface area contributed by atoms with Crippen LogP contribution in [0.1, 0.15) is 0 Å². The third-order valence-electron chi connectivity index (χ3n) is 3.98. The van der Waals surface area contributed by atoms with Crippen LogP contribution in [0.2, 0.25) is 0 Å². The van der Waals surface area contributed by atoms with Gasteiger partial charge in [-0.1, -0.05) is 0 Å². The molecule has 0 aliphatic carbocycles. The average Bonchev–Trinajstić information content (AvgIpc) is 2.94. The van der Waals surface area contributed by atoms with Crippen LogP contribution in [0, 0.1) is 0 Å². The van der Waals surface area contributed by atoms with E-state index in [0.717, 1.165) is 34.8 Å². The number of nitrogens with one attached hydrogen (secondary N) is 1. The molecule has 4 rings (SSSR count). The molecule has 4 heterocycles. The summed E-state index contributed by atoms with van der Waals surface area (Å²) in [7, 11) is 2.06. The maximum Gasteiger partial charge on any atom is 0.266 e. The van der Waals surface area contributed by atoms with E-state index in [-0.39, 0.29) is 5.56 Å². The molecule has 0 saturated carbocycles. The van der Waals surface area contributed by atoms with Gasteiger partial charge in [0.2, 0.25) is 0 Å². The largest absolute Gasteiger partial charge is 0.366 e. The maximum absolute atomic E-state index is 11.3. The van der Waals surface area contributed by atoms with E-state index >= 15 is 0 Å². The second kappa shape index (κ2) is 5.06. The Morgan fingerprint density at radius 3 is 3.09 bits per heavy atom. The van der Waals surface area contributed by atoms with Crippen molar-refractivity contribution in [1.29, 1.82) is 0 Å². The van der Waals surface area contributed by atoms with E-state index in [4.69, 9.17) is 0 Å². The highest BCUT2D eigenvalue weighted by atomic mass is 32.1. The van der Waals surface area contributed by atoms with Gasteiger partial charge in [0.05, 0.1) is 28.1 Å². The molecule has 1 saturated heterocycles. The van der Waals surface area contributed by atoms with Crippen LogP contribution in [-0.4, -0.2) is 46.3 Å². The molecular formula is C14H14N6OS. The molecule has 1 aliphatic rings. The van der Waals surface area contributed by atoms with Crippen LogP contribution >= 0.6 is 11.3 Å². The van der Waals surface area contributed by atoms with Crippen molar-refractivity contribution < 1.29 is 0 Å². The summed E-state index contributed by atoms with van der Waals surface area (Å²) in [6.07, 6.45) is 3.29. The lowest BCUT2D eigenvalue weighted by molar-refractivity contribution is 0.493. The lowest BCUT2D eigenvalue weighted by Crippen LogP contribution is -2.59. The Balaban J connectivity index is 1.53. The highest BCUT2D eigenvalue weighted by Gasteiger charge is 2.32. The van der Waals surface area contributed by atoms with Gasteiger partial charge in [0.1, 0.15) is 12.1 Å². The number of H-pyrrole nitrogens is 1. The van der Waals surface area contributed by atoms with E-state index in [1.807, 2.05) is 11.4 Å². The van der Waals surface area contributed by atoms with Gasteiger partial charge >= 0.3 is 0 Å². The summed E-state index contributed by atoms with van der Waals surface area (Å²) in [5.74, 6) is 0.966. The van der Waals surface area contributed by atoms with Crippen LogP contribution in [0.4, 0.5) is 11.5 Å². The number of fused-ring (bicyclic) bond motifs is 1. The van der Waals surface area contributed by atoms with Crippen molar-refractivity contribution in [2.75, 3.05) is 29.9 Å². The molecule has 0 aromatic carbocycles. The van der Waals surface area contributed by atoms with Crippen molar-refractivity contribution in [2.24, 2.45) is 0 Å². The lowest BCUT2D eigenvalue weighted by Gasteiger charge is -2.45. The van der Waals surface area contributed by atoms with Crippen molar-refractivity contribution >= 4 is 33.1 Å². The Hall–Kier alpha value is -2.48. The summed E-state index contributed by atoms with van der Waals surface area (Å²) in [5.41, 5.74) is 1.67. The molecule has 3 aromatic rings. The van der Waals surface area contributed by atoms with Gasteiger partial charge in [-0.05, 0) is 11.4 Å². The fraction of sp³-hybridized carbons (Fsp3) is 0.286. The van der Waals surface area contributed by atoms with Gasteiger partial charge in [-0.15, -0.1) is 11.3 Å². The van der Waals surface area contributed by atoms with Crippen LogP contribution in [0.25, 0.3) is 10.2 Å². The molecule has 0 unspecified atom stereocenters. The predicted molar refractivity (Wildman–Crippen MR) is 86.7 cm³/mol. The normalized spacial score (nSPS) is 15.0. The first-order valence-electron chi connectivity index (χ1n) is 6.93. The van der Waals surface area contributed by atoms with E-state index < -0.39 is 0 Å². The van der Waals surface area contributed by atoms with Crippen LogP contribution in [-0.2, 0) is 0 Å². The quantitative estimate of drug-likeness (QED) is 0.780. The van der Waals surface area contributed by atoms with Crippen molar-refractivity contribution in [3.8, 4) is 0 Å². The molecule has 1 aliphatic heterocycles. The summed E-state index contributed by atoms with van der Waals surface area (Å²) < 4.78 is 1.11. The second-order valence-corrected chi connectivity index (χ2v) is 6.22. The Bertz CT molecular complexity index is 869. The van der Waals surface area contributed by atoms with Gasteiger partial charge in [0.15, 0.2) is 0 Å². The van der Waals surface area contributed by atoms with Gasteiger partial charge in [-0.25, -0.2) is 15.1 Å². The fourth-order valence-electron chi connectivity index (χ4n) is 2.65. The van der Waals surface area contributed by atoms with E-state index in [9.17, 15) is 4.79 Å². The second-order valence-electron chi connectivity index (χ2n) is 5.31. The minimum atomic E-state index is -0.176. The standard InChI is InChI=1S/C14H14N6OS/c1-19(14-13-11(2-3-22-13)15-8-16-14)10-6-20(7-10)9-4-12(21)18-17-5-9/h2-5,8,10H,6-7H2,1H3,(H,18,21). The number of hydrogen-bond donors (Lipinski definition) is 1. The third kappa shape index (κ3) is 2.12. The van der Waals surface area contributed by atoms with Gasteiger partial charge < -0.3 is 9.80 Å². The number of hydrogen-bond acceptors (Lipinski definition) is 7. The number of aromatic amines is 1. The van der Waals surface area contributed by atoms with Crippen molar-refractivity contribution in [3.05, 3.63) is 40.4 Å². The molecule has 0 radical (unpaired) electrons. The maximum atomic E-state index is 11.3. The molecule has 22 heavy (non-hydrogen) atoms. The summed E-state index contributed by atoms with van der Waals surface area (Å²) in [6.45, 7) is 1.69. The SMILES string of the molecule is CN(c1ncnc2ccsc12)C1CN(c2cn[nH]c(=O)c2)C1. The summed E-state index contributed by atoms with van der Waals surface area (Å²) in [6, 6.07) is 3.94. The Kier molecular flexibility index (Phi) is 3.04. The molecule has 0 spiro atoms. The first kappa shape index (κ1) is 13.2. The third-order valence-corrected chi connectivity index (χ3v) is 4.88. The molecule has 3 aromatic heterocycles. The molecular weight excluding hydrogens is 300 g/mol. The van der Waals surface area contributed by atoms with Crippen molar-refractivity contribution in [3.63, 3.8) is 0 Å². The summed E-state index contributed by atoms with van der Waals surface area (Å²) in [4.78, 5) is 24.4. The number of rotatable bonds is 3. The lowest BCUT2D eigenvalue weighted by atomic mass is 10.1. The molecule has 1 fully saturated rings. The molecule has 0 bridgehead atoms. The van der Waals surface area contributed by atoms with Crippen LogP contribution in [0.3, 0.4) is 0 Å². The highest BCUT2D eigenvalue weighted by Crippen LogP contribution is 2.30. The van der Waals surface area contributed by atoms with E-state index in [1.54, 1.807) is 29.9 Å².